The van der Waals surface area contributed by atoms with E-state index < -0.39 is 0 Å². The number of aromatic nitrogens is 1. The summed E-state index contributed by atoms with van der Waals surface area (Å²) in [5.74, 6) is 0.798. The van der Waals surface area contributed by atoms with E-state index >= 15 is 0 Å². The standard InChI is InChI=1S/C11H8ClNO/c12-11-5-1-3-9(13-11)6-7-10-4-2-8-14-10/h1-8H. The second kappa shape index (κ2) is 4.11. The maximum Gasteiger partial charge on any atom is 0.129 e. The van der Waals surface area contributed by atoms with Crippen LogP contribution in [0.15, 0.2) is 41.0 Å². The van der Waals surface area contributed by atoms with Crippen LogP contribution in [0.4, 0.5) is 0 Å². The highest BCUT2D eigenvalue weighted by molar-refractivity contribution is 6.29. The van der Waals surface area contributed by atoms with Crippen LogP contribution in [-0.2, 0) is 0 Å². The highest BCUT2D eigenvalue weighted by Crippen LogP contribution is 2.09. The molecular formula is C11H8ClNO. The predicted octanol–water partition coefficient (Wildman–Crippen LogP) is 3.50. The van der Waals surface area contributed by atoms with E-state index in [0.29, 0.717) is 5.15 Å². The van der Waals surface area contributed by atoms with Crippen LogP contribution in [0.3, 0.4) is 0 Å². The fraction of sp³-hybridized carbons (Fsp3) is 0. The van der Waals surface area contributed by atoms with Gasteiger partial charge in [0.1, 0.15) is 10.9 Å². The van der Waals surface area contributed by atoms with E-state index in [1.54, 1.807) is 12.3 Å². The molecule has 0 atom stereocenters. The van der Waals surface area contributed by atoms with Crippen molar-refractivity contribution in [3.63, 3.8) is 0 Å². The molecule has 0 aliphatic rings. The fourth-order valence-electron chi connectivity index (χ4n) is 1.07. The minimum absolute atomic E-state index is 0.492. The minimum Gasteiger partial charge on any atom is -0.465 e. The van der Waals surface area contributed by atoms with Crippen molar-refractivity contribution in [3.8, 4) is 0 Å². The predicted molar refractivity (Wildman–Crippen MR) is 56.9 cm³/mol. The van der Waals surface area contributed by atoms with Crippen molar-refractivity contribution in [1.29, 1.82) is 0 Å². The molecule has 0 aliphatic heterocycles. The van der Waals surface area contributed by atoms with Crippen LogP contribution < -0.4 is 0 Å². The quantitative estimate of drug-likeness (QED) is 0.702. The first kappa shape index (κ1) is 9.03. The van der Waals surface area contributed by atoms with E-state index in [4.69, 9.17) is 16.0 Å². The molecule has 0 amide bonds. The van der Waals surface area contributed by atoms with Crippen LogP contribution >= 0.6 is 11.6 Å². The van der Waals surface area contributed by atoms with E-state index in [9.17, 15) is 0 Å². The van der Waals surface area contributed by atoms with Crippen molar-refractivity contribution in [2.75, 3.05) is 0 Å². The smallest absolute Gasteiger partial charge is 0.129 e. The molecule has 2 rings (SSSR count). The molecule has 0 N–H and O–H groups in total. The van der Waals surface area contributed by atoms with Crippen LogP contribution in [0.1, 0.15) is 11.5 Å². The van der Waals surface area contributed by atoms with Crippen molar-refractivity contribution in [2.45, 2.75) is 0 Å². The first-order chi connectivity index (χ1) is 6.84. The molecular weight excluding hydrogens is 198 g/mol. The lowest BCUT2D eigenvalue weighted by Crippen LogP contribution is -1.78. The average Bonchev–Trinajstić information content (AvgIpc) is 2.67. The third-order valence-electron chi connectivity index (χ3n) is 1.70. The summed E-state index contributed by atoms with van der Waals surface area (Å²) < 4.78 is 5.14. The van der Waals surface area contributed by atoms with Crippen LogP contribution in [0, 0.1) is 0 Å². The summed E-state index contributed by atoms with van der Waals surface area (Å²) in [4.78, 5) is 4.11. The Morgan fingerprint density at radius 2 is 2.07 bits per heavy atom. The van der Waals surface area contributed by atoms with E-state index in [-0.39, 0.29) is 0 Å². The van der Waals surface area contributed by atoms with Gasteiger partial charge in [-0.25, -0.2) is 4.98 Å². The second-order valence-electron chi connectivity index (χ2n) is 2.73. The minimum atomic E-state index is 0.492. The molecule has 0 unspecified atom stereocenters. The van der Waals surface area contributed by atoms with Gasteiger partial charge in [0.05, 0.1) is 12.0 Å². The van der Waals surface area contributed by atoms with Crippen molar-refractivity contribution >= 4 is 23.8 Å². The number of hydrogen-bond acceptors (Lipinski definition) is 2. The number of nitrogens with zero attached hydrogens (tertiary/aromatic N) is 1. The third kappa shape index (κ3) is 2.24. The van der Waals surface area contributed by atoms with Crippen LogP contribution in [0.2, 0.25) is 5.15 Å². The third-order valence-corrected chi connectivity index (χ3v) is 1.91. The second-order valence-corrected chi connectivity index (χ2v) is 3.12. The van der Waals surface area contributed by atoms with E-state index in [1.165, 1.54) is 0 Å². The molecule has 2 aromatic rings. The van der Waals surface area contributed by atoms with Gasteiger partial charge in [0, 0.05) is 0 Å². The molecule has 0 aromatic carbocycles. The molecule has 2 aromatic heterocycles. The largest absolute Gasteiger partial charge is 0.465 e. The van der Waals surface area contributed by atoms with Crippen LogP contribution in [0.25, 0.3) is 12.2 Å². The summed E-state index contributed by atoms with van der Waals surface area (Å²) in [5.41, 5.74) is 0.814. The van der Waals surface area contributed by atoms with Gasteiger partial charge in [-0.15, -0.1) is 0 Å². The first-order valence-electron chi connectivity index (χ1n) is 4.19. The van der Waals surface area contributed by atoms with Gasteiger partial charge >= 0.3 is 0 Å². The number of rotatable bonds is 2. The molecule has 0 saturated carbocycles. The van der Waals surface area contributed by atoms with E-state index in [1.807, 2.05) is 36.4 Å². The maximum absolute atomic E-state index is 5.74. The Labute approximate surface area is 86.8 Å². The zero-order valence-corrected chi connectivity index (χ0v) is 8.11. The Balaban J connectivity index is 2.18. The zero-order chi connectivity index (χ0) is 9.80. The summed E-state index contributed by atoms with van der Waals surface area (Å²) in [6.07, 6.45) is 5.33. The number of halogens is 1. The molecule has 0 bridgehead atoms. The topological polar surface area (TPSA) is 26.0 Å². The van der Waals surface area contributed by atoms with E-state index in [0.717, 1.165) is 11.5 Å². The van der Waals surface area contributed by atoms with Crippen molar-refractivity contribution in [3.05, 3.63) is 53.2 Å². The number of hydrogen-bond donors (Lipinski definition) is 0. The molecule has 3 heteroatoms. The molecule has 0 radical (unpaired) electrons. The summed E-state index contributed by atoms with van der Waals surface area (Å²) in [7, 11) is 0. The molecule has 0 saturated heterocycles. The van der Waals surface area contributed by atoms with E-state index in [2.05, 4.69) is 4.98 Å². The average molecular weight is 206 g/mol. The van der Waals surface area contributed by atoms with Crippen molar-refractivity contribution in [1.82, 2.24) is 4.98 Å². The Hall–Kier alpha value is -1.54. The van der Waals surface area contributed by atoms with Crippen molar-refractivity contribution in [2.24, 2.45) is 0 Å². The summed E-state index contributed by atoms with van der Waals surface area (Å²) in [6, 6.07) is 9.19. The Morgan fingerprint density at radius 3 is 2.79 bits per heavy atom. The van der Waals surface area contributed by atoms with Gasteiger partial charge in [0.15, 0.2) is 0 Å². The lowest BCUT2D eigenvalue weighted by molar-refractivity contribution is 0.557. The molecule has 2 heterocycles. The zero-order valence-electron chi connectivity index (χ0n) is 7.35. The molecule has 0 fully saturated rings. The summed E-state index contributed by atoms with van der Waals surface area (Å²) >= 11 is 5.74. The first-order valence-corrected chi connectivity index (χ1v) is 4.56. The lowest BCUT2D eigenvalue weighted by Gasteiger charge is -1.92. The SMILES string of the molecule is Clc1cccc(C=Cc2ccco2)n1. The lowest BCUT2D eigenvalue weighted by atomic mass is 10.3. The van der Waals surface area contributed by atoms with Gasteiger partial charge in [-0.05, 0) is 36.4 Å². The molecule has 70 valence electrons. The van der Waals surface area contributed by atoms with Gasteiger partial charge in [-0.2, -0.15) is 0 Å². The van der Waals surface area contributed by atoms with Crippen molar-refractivity contribution < 1.29 is 4.42 Å². The number of furan rings is 1. The normalized spacial score (nSPS) is 10.9. The molecule has 0 spiro atoms. The van der Waals surface area contributed by atoms with Crippen LogP contribution in [0.5, 0.6) is 0 Å². The number of pyridine rings is 1. The van der Waals surface area contributed by atoms with Gasteiger partial charge in [-0.3, -0.25) is 0 Å². The summed E-state index contributed by atoms with van der Waals surface area (Å²) in [6.45, 7) is 0. The Bertz CT molecular complexity index is 434. The van der Waals surface area contributed by atoms with Crippen LogP contribution in [-0.4, -0.2) is 4.98 Å². The highest BCUT2D eigenvalue weighted by Gasteiger charge is 1.91. The van der Waals surface area contributed by atoms with Gasteiger partial charge < -0.3 is 4.42 Å². The van der Waals surface area contributed by atoms with Gasteiger partial charge in [0.25, 0.3) is 0 Å². The van der Waals surface area contributed by atoms with Gasteiger partial charge in [-0.1, -0.05) is 17.7 Å². The van der Waals surface area contributed by atoms with Gasteiger partial charge in [0.2, 0.25) is 0 Å². The summed E-state index contributed by atoms with van der Waals surface area (Å²) in [5, 5.41) is 0.492. The Kier molecular flexibility index (Phi) is 2.65. The molecule has 14 heavy (non-hydrogen) atoms. The monoisotopic (exact) mass is 205 g/mol. The maximum atomic E-state index is 5.74. The Morgan fingerprint density at radius 1 is 1.14 bits per heavy atom. The highest BCUT2D eigenvalue weighted by atomic mass is 35.5. The fourth-order valence-corrected chi connectivity index (χ4v) is 1.24. The molecule has 2 nitrogen and oxygen atoms in total. The molecule has 0 aliphatic carbocycles.